The van der Waals surface area contributed by atoms with Gasteiger partial charge in [-0.15, -0.1) is 0 Å². The highest BCUT2D eigenvalue weighted by Gasteiger charge is 2.02. The first-order valence-corrected chi connectivity index (χ1v) is 3.88. The van der Waals surface area contributed by atoms with Gasteiger partial charge in [-0.1, -0.05) is 6.08 Å². The Labute approximate surface area is 69.5 Å². The minimum Gasteiger partial charge on any atom is -0.428 e. The lowest BCUT2D eigenvalue weighted by molar-refractivity contribution is 0.564. The Kier molecular flexibility index (Phi) is 2.57. The quantitative estimate of drug-likeness (QED) is 0.636. The summed E-state index contributed by atoms with van der Waals surface area (Å²) in [7, 11) is 0. The van der Waals surface area contributed by atoms with E-state index >= 15 is 0 Å². The topological polar surface area (TPSA) is 9.23 Å². The lowest BCUT2D eigenvalue weighted by atomic mass is 10.1. The fraction of sp³-hybridized carbons (Fsp3) is 0.429. The second-order valence-corrected chi connectivity index (χ2v) is 2.55. The summed E-state index contributed by atoms with van der Waals surface area (Å²) in [5, 5.41) is 0. The van der Waals surface area contributed by atoms with Crippen LogP contribution in [0.3, 0.4) is 0 Å². The van der Waals surface area contributed by atoms with Crippen LogP contribution in [-0.4, -0.2) is 0 Å². The molecule has 1 nitrogen and oxygen atoms in total. The maximum atomic E-state index is 5.07. The molecule has 0 aromatic carbocycles. The van der Waals surface area contributed by atoms with Gasteiger partial charge in [0.1, 0.15) is 5.76 Å². The van der Waals surface area contributed by atoms with Gasteiger partial charge >= 0.3 is 0 Å². The first-order valence-electron chi connectivity index (χ1n) is 3.00. The zero-order valence-corrected chi connectivity index (χ0v) is 7.51. The van der Waals surface area contributed by atoms with Crippen LogP contribution in [0.1, 0.15) is 19.8 Å². The Morgan fingerprint density at radius 2 is 2.11 bits per heavy atom. The molecular weight excluding hydrogens is 227 g/mol. The summed E-state index contributed by atoms with van der Waals surface area (Å²) < 4.78 is 5.07. The SMILES string of the molecule is CC1=CCCC=C1OI. The van der Waals surface area contributed by atoms with Gasteiger partial charge in [0.25, 0.3) is 0 Å². The van der Waals surface area contributed by atoms with Gasteiger partial charge in [0.05, 0.1) is 0 Å². The van der Waals surface area contributed by atoms with Crippen LogP contribution in [0, 0.1) is 0 Å². The molecule has 0 amide bonds. The lowest BCUT2D eigenvalue weighted by Gasteiger charge is -2.07. The second kappa shape index (κ2) is 3.25. The minimum atomic E-state index is 1.03. The van der Waals surface area contributed by atoms with Gasteiger partial charge in [-0.05, 0) is 31.4 Å². The summed E-state index contributed by atoms with van der Waals surface area (Å²) in [6.07, 6.45) is 6.61. The number of allylic oxidation sites excluding steroid dienone is 3. The maximum Gasteiger partial charge on any atom is 0.192 e. The molecular formula is C7H9IO. The van der Waals surface area contributed by atoms with Gasteiger partial charge in [0.2, 0.25) is 0 Å². The normalized spacial score (nSPS) is 18.4. The zero-order chi connectivity index (χ0) is 6.69. The number of hydrogen-bond acceptors (Lipinski definition) is 1. The van der Waals surface area contributed by atoms with Crippen LogP contribution in [0.25, 0.3) is 0 Å². The monoisotopic (exact) mass is 236 g/mol. The molecule has 0 aromatic rings. The molecule has 0 heterocycles. The molecule has 0 radical (unpaired) electrons. The van der Waals surface area contributed by atoms with Crippen molar-refractivity contribution in [2.24, 2.45) is 0 Å². The van der Waals surface area contributed by atoms with E-state index < -0.39 is 0 Å². The molecule has 0 saturated carbocycles. The summed E-state index contributed by atoms with van der Waals surface area (Å²) in [5.74, 6) is 1.03. The van der Waals surface area contributed by atoms with E-state index in [2.05, 4.69) is 19.1 Å². The van der Waals surface area contributed by atoms with Crippen molar-refractivity contribution >= 4 is 23.0 Å². The summed E-state index contributed by atoms with van der Waals surface area (Å²) in [4.78, 5) is 0. The van der Waals surface area contributed by atoms with Crippen molar-refractivity contribution in [3.63, 3.8) is 0 Å². The van der Waals surface area contributed by atoms with Gasteiger partial charge in [0.15, 0.2) is 23.0 Å². The fourth-order valence-electron chi connectivity index (χ4n) is 0.868. The first kappa shape index (κ1) is 7.12. The molecule has 0 aromatic heterocycles. The number of rotatable bonds is 1. The van der Waals surface area contributed by atoms with Crippen molar-refractivity contribution in [1.82, 2.24) is 0 Å². The van der Waals surface area contributed by atoms with E-state index in [-0.39, 0.29) is 0 Å². The smallest absolute Gasteiger partial charge is 0.192 e. The van der Waals surface area contributed by atoms with Crippen LogP contribution in [-0.2, 0) is 3.07 Å². The number of halogens is 1. The standard InChI is InChI=1S/C7H9IO/c1-6-4-2-3-5-7(6)9-8/h4-5H,2-3H2,1H3. The predicted octanol–water partition coefficient (Wildman–Crippen LogP) is 2.98. The van der Waals surface area contributed by atoms with Crippen LogP contribution in [0.2, 0.25) is 0 Å². The Morgan fingerprint density at radius 1 is 1.44 bits per heavy atom. The van der Waals surface area contributed by atoms with E-state index in [4.69, 9.17) is 3.07 Å². The van der Waals surface area contributed by atoms with E-state index in [1.54, 1.807) is 0 Å². The van der Waals surface area contributed by atoms with E-state index in [0.29, 0.717) is 0 Å². The van der Waals surface area contributed by atoms with Crippen molar-refractivity contribution in [2.45, 2.75) is 19.8 Å². The molecule has 0 N–H and O–H groups in total. The molecule has 2 heteroatoms. The van der Waals surface area contributed by atoms with Crippen LogP contribution in [0.5, 0.6) is 0 Å². The summed E-state index contributed by atoms with van der Waals surface area (Å²) in [5.41, 5.74) is 1.26. The molecule has 1 aliphatic rings. The molecule has 0 saturated heterocycles. The van der Waals surface area contributed by atoms with Crippen molar-refractivity contribution < 1.29 is 3.07 Å². The molecule has 1 aliphatic carbocycles. The van der Waals surface area contributed by atoms with Crippen molar-refractivity contribution in [3.05, 3.63) is 23.5 Å². The Morgan fingerprint density at radius 3 is 2.56 bits per heavy atom. The molecule has 0 bridgehead atoms. The zero-order valence-electron chi connectivity index (χ0n) is 5.36. The maximum absolute atomic E-state index is 5.07. The van der Waals surface area contributed by atoms with Crippen LogP contribution in [0.4, 0.5) is 0 Å². The largest absolute Gasteiger partial charge is 0.428 e. The molecule has 0 atom stereocenters. The van der Waals surface area contributed by atoms with Crippen LogP contribution < -0.4 is 0 Å². The molecule has 0 aliphatic heterocycles. The Balaban J connectivity index is 2.68. The Bertz CT molecular complexity index is 158. The third-order valence-electron chi connectivity index (χ3n) is 1.42. The highest BCUT2D eigenvalue weighted by atomic mass is 127. The fourth-order valence-corrected chi connectivity index (χ4v) is 1.40. The highest BCUT2D eigenvalue weighted by Crippen LogP contribution is 2.20. The van der Waals surface area contributed by atoms with Gasteiger partial charge in [-0.2, -0.15) is 0 Å². The van der Waals surface area contributed by atoms with E-state index in [9.17, 15) is 0 Å². The molecule has 9 heavy (non-hydrogen) atoms. The minimum absolute atomic E-state index is 1.03. The van der Waals surface area contributed by atoms with Gasteiger partial charge < -0.3 is 3.07 Å². The van der Waals surface area contributed by atoms with Crippen molar-refractivity contribution in [1.29, 1.82) is 0 Å². The van der Waals surface area contributed by atoms with Gasteiger partial charge in [-0.3, -0.25) is 0 Å². The van der Waals surface area contributed by atoms with E-state index in [0.717, 1.165) is 18.6 Å². The third kappa shape index (κ3) is 1.71. The molecule has 0 fully saturated rings. The number of hydrogen-bond donors (Lipinski definition) is 0. The average molecular weight is 236 g/mol. The summed E-state index contributed by atoms with van der Waals surface area (Å²) in [6.45, 7) is 2.07. The third-order valence-corrected chi connectivity index (χ3v) is 1.89. The molecule has 0 unspecified atom stereocenters. The highest BCUT2D eigenvalue weighted by molar-refractivity contribution is 14.1. The predicted molar refractivity (Wildman–Crippen MR) is 46.2 cm³/mol. The second-order valence-electron chi connectivity index (χ2n) is 2.11. The van der Waals surface area contributed by atoms with Crippen LogP contribution >= 0.6 is 23.0 Å². The van der Waals surface area contributed by atoms with Gasteiger partial charge in [0, 0.05) is 0 Å². The van der Waals surface area contributed by atoms with E-state index in [1.165, 1.54) is 5.57 Å². The average Bonchev–Trinajstić information content (AvgIpc) is 1.89. The van der Waals surface area contributed by atoms with Gasteiger partial charge in [-0.25, -0.2) is 0 Å². The van der Waals surface area contributed by atoms with E-state index in [1.807, 2.05) is 23.0 Å². The lowest BCUT2D eigenvalue weighted by Crippen LogP contribution is -1.89. The molecule has 50 valence electrons. The van der Waals surface area contributed by atoms with Crippen LogP contribution in [0.15, 0.2) is 23.5 Å². The molecule has 1 rings (SSSR count). The first-order chi connectivity index (χ1) is 4.34. The molecule has 0 spiro atoms. The summed E-state index contributed by atoms with van der Waals surface area (Å²) >= 11 is 1.91. The Hall–Kier alpha value is 0.0100. The van der Waals surface area contributed by atoms with Crippen molar-refractivity contribution in [3.8, 4) is 0 Å². The van der Waals surface area contributed by atoms with Crippen molar-refractivity contribution in [2.75, 3.05) is 0 Å². The summed E-state index contributed by atoms with van der Waals surface area (Å²) in [6, 6.07) is 0.